The van der Waals surface area contributed by atoms with Crippen LogP contribution in [0.2, 0.25) is 0 Å². The van der Waals surface area contributed by atoms with Gasteiger partial charge >= 0.3 is 0 Å². The molecule has 0 amide bonds. The molecule has 0 aliphatic heterocycles. The van der Waals surface area contributed by atoms with E-state index in [1.807, 2.05) is 31.2 Å². The van der Waals surface area contributed by atoms with Gasteiger partial charge in [-0.25, -0.2) is 0 Å². The van der Waals surface area contributed by atoms with Gasteiger partial charge in [-0.15, -0.1) is 0 Å². The van der Waals surface area contributed by atoms with E-state index in [9.17, 15) is 4.79 Å². The molecule has 0 aromatic heterocycles. The number of allylic oxidation sites excluding steroid dienone is 6. The molecule has 0 fully saturated rings. The maximum Gasteiger partial charge on any atom is 0.177 e. The summed E-state index contributed by atoms with van der Waals surface area (Å²) < 4.78 is 0. The molecule has 0 saturated heterocycles. The van der Waals surface area contributed by atoms with Crippen LogP contribution in [-0.4, -0.2) is 18.0 Å². The summed E-state index contributed by atoms with van der Waals surface area (Å²) in [6.45, 7) is 6.24. The van der Waals surface area contributed by atoms with E-state index < -0.39 is 0 Å². The normalized spacial score (nSPS) is 23.5. The summed E-state index contributed by atoms with van der Waals surface area (Å²) in [5.74, 6) is 0.385. The van der Waals surface area contributed by atoms with E-state index in [2.05, 4.69) is 18.0 Å². The number of nitrogens with zero attached hydrogens (tertiary/aromatic N) is 1. The minimum atomic E-state index is 0.0273. The zero-order chi connectivity index (χ0) is 11.3. The SMILES string of the molecule is CCN=C(/C=C1/C=CC=CC1C)C(C)=O. The molecule has 0 aromatic rings. The molecule has 0 heterocycles. The van der Waals surface area contributed by atoms with E-state index in [0.717, 1.165) is 5.57 Å². The van der Waals surface area contributed by atoms with Crippen molar-refractivity contribution in [3.63, 3.8) is 0 Å². The Morgan fingerprint density at radius 3 is 2.80 bits per heavy atom. The molecule has 0 N–H and O–H groups in total. The molecule has 1 atom stereocenters. The summed E-state index contributed by atoms with van der Waals surface area (Å²) in [6.07, 6.45) is 10.0. The summed E-state index contributed by atoms with van der Waals surface area (Å²) in [5, 5.41) is 0. The van der Waals surface area contributed by atoms with Crippen molar-refractivity contribution in [2.24, 2.45) is 10.9 Å². The fraction of sp³-hybridized carbons (Fsp3) is 0.385. The fourth-order valence-electron chi connectivity index (χ4n) is 1.43. The molecule has 1 rings (SSSR count). The van der Waals surface area contributed by atoms with Gasteiger partial charge in [0.2, 0.25) is 0 Å². The highest BCUT2D eigenvalue weighted by molar-refractivity contribution is 6.43. The summed E-state index contributed by atoms with van der Waals surface area (Å²) in [4.78, 5) is 15.5. The molecule has 2 nitrogen and oxygen atoms in total. The second kappa shape index (κ2) is 5.44. The standard InChI is InChI=1S/C13H17NO/c1-4-14-13(11(3)15)9-12-8-6-5-7-10(12)2/h5-10H,4H2,1-3H3/b12-9-,14-13?. The molecule has 0 radical (unpaired) electrons. The lowest BCUT2D eigenvalue weighted by Crippen LogP contribution is -2.10. The predicted molar refractivity (Wildman–Crippen MR) is 64.2 cm³/mol. The monoisotopic (exact) mass is 203 g/mol. The quantitative estimate of drug-likeness (QED) is 0.648. The zero-order valence-electron chi connectivity index (χ0n) is 9.53. The Kier molecular flexibility index (Phi) is 4.22. The largest absolute Gasteiger partial charge is 0.293 e. The second-order valence-electron chi connectivity index (χ2n) is 3.59. The molecule has 0 bridgehead atoms. The Morgan fingerprint density at radius 2 is 2.27 bits per heavy atom. The number of hydrogen-bond donors (Lipinski definition) is 0. The van der Waals surface area contributed by atoms with Gasteiger partial charge in [-0.3, -0.25) is 9.79 Å². The van der Waals surface area contributed by atoms with Gasteiger partial charge in [0.1, 0.15) is 5.71 Å². The average molecular weight is 203 g/mol. The molecule has 0 saturated carbocycles. The van der Waals surface area contributed by atoms with Gasteiger partial charge in [0, 0.05) is 13.5 Å². The topological polar surface area (TPSA) is 29.4 Å². The first-order chi connectivity index (χ1) is 7.15. The summed E-state index contributed by atoms with van der Waals surface area (Å²) in [6, 6.07) is 0. The molecule has 1 aliphatic rings. The van der Waals surface area contributed by atoms with Crippen LogP contribution in [0.15, 0.2) is 40.9 Å². The Balaban J connectivity index is 2.93. The van der Waals surface area contributed by atoms with E-state index in [1.54, 1.807) is 6.92 Å². The molecule has 0 aromatic carbocycles. The molecular formula is C13H17NO. The van der Waals surface area contributed by atoms with Crippen LogP contribution in [0.3, 0.4) is 0 Å². The maximum atomic E-state index is 11.3. The summed E-state index contributed by atoms with van der Waals surface area (Å²) in [5.41, 5.74) is 1.71. The number of carbonyl (C=O) groups excluding carboxylic acids is 1. The van der Waals surface area contributed by atoms with Gasteiger partial charge in [-0.2, -0.15) is 0 Å². The van der Waals surface area contributed by atoms with Gasteiger partial charge in [0.15, 0.2) is 5.78 Å². The van der Waals surface area contributed by atoms with E-state index >= 15 is 0 Å². The molecule has 15 heavy (non-hydrogen) atoms. The van der Waals surface area contributed by atoms with E-state index in [-0.39, 0.29) is 5.78 Å². The number of ketones is 1. The van der Waals surface area contributed by atoms with Crippen LogP contribution in [0, 0.1) is 5.92 Å². The van der Waals surface area contributed by atoms with E-state index in [0.29, 0.717) is 18.2 Å². The second-order valence-corrected chi connectivity index (χ2v) is 3.59. The summed E-state index contributed by atoms with van der Waals surface area (Å²) in [7, 11) is 0. The smallest absolute Gasteiger partial charge is 0.177 e. The number of rotatable bonds is 3. The zero-order valence-corrected chi connectivity index (χ0v) is 9.53. The third-order valence-electron chi connectivity index (χ3n) is 2.32. The molecule has 0 spiro atoms. The lowest BCUT2D eigenvalue weighted by Gasteiger charge is -2.11. The minimum Gasteiger partial charge on any atom is -0.293 e. The molecule has 80 valence electrons. The first kappa shape index (κ1) is 11.6. The van der Waals surface area contributed by atoms with Crippen LogP contribution in [0.4, 0.5) is 0 Å². The minimum absolute atomic E-state index is 0.0273. The summed E-state index contributed by atoms with van der Waals surface area (Å²) >= 11 is 0. The number of Topliss-reactive ketones (excluding diaryl/α,β-unsaturated/α-hetero) is 1. The lowest BCUT2D eigenvalue weighted by atomic mass is 9.95. The lowest BCUT2D eigenvalue weighted by molar-refractivity contribution is -0.111. The van der Waals surface area contributed by atoms with Gasteiger partial charge in [-0.1, -0.05) is 31.2 Å². The van der Waals surface area contributed by atoms with E-state index in [1.165, 1.54) is 0 Å². The van der Waals surface area contributed by atoms with Crippen LogP contribution in [0.1, 0.15) is 20.8 Å². The fourth-order valence-corrected chi connectivity index (χ4v) is 1.43. The number of aliphatic imine (C=N–C) groups is 1. The highest BCUT2D eigenvalue weighted by Crippen LogP contribution is 2.17. The molecule has 1 unspecified atom stereocenters. The van der Waals surface area contributed by atoms with Crippen molar-refractivity contribution in [2.45, 2.75) is 20.8 Å². The van der Waals surface area contributed by atoms with Crippen molar-refractivity contribution >= 4 is 11.5 Å². The van der Waals surface area contributed by atoms with Gasteiger partial charge in [-0.05, 0) is 24.5 Å². The van der Waals surface area contributed by atoms with Crippen LogP contribution in [-0.2, 0) is 4.79 Å². The van der Waals surface area contributed by atoms with Crippen molar-refractivity contribution in [1.29, 1.82) is 0 Å². The van der Waals surface area contributed by atoms with Crippen molar-refractivity contribution in [3.8, 4) is 0 Å². The van der Waals surface area contributed by atoms with E-state index in [4.69, 9.17) is 0 Å². The maximum absolute atomic E-state index is 11.3. The van der Waals surface area contributed by atoms with Crippen molar-refractivity contribution in [2.75, 3.05) is 6.54 Å². The highest BCUT2D eigenvalue weighted by atomic mass is 16.1. The Morgan fingerprint density at radius 1 is 1.53 bits per heavy atom. The van der Waals surface area contributed by atoms with Gasteiger partial charge < -0.3 is 0 Å². The Hall–Kier alpha value is -1.44. The Bertz CT molecular complexity index is 359. The van der Waals surface area contributed by atoms with Crippen LogP contribution >= 0.6 is 0 Å². The van der Waals surface area contributed by atoms with Crippen molar-refractivity contribution in [1.82, 2.24) is 0 Å². The van der Waals surface area contributed by atoms with Gasteiger partial charge in [0.05, 0.1) is 0 Å². The van der Waals surface area contributed by atoms with Crippen LogP contribution in [0.25, 0.3) is 0 Å². The first-order valence-corrected chi connectivity index (χ1v) is 5.27. The Labute approximate surface area is 91.1 Å². The van der Waals surface area contributed by atoms with Crippen LogP contribution in [0.5, 0.6) is 0 Å². The number of hydrogen-bond acceptors (Lipinski definition) is 2. The van der Waals surface area contributed by atoms with Gasteiger partial charge in [0.25, 0.3) is 0 Å². The third kappa shape index (κ3) is 3.31. The highest BCUT2D eigenvalue weighted by Gasteiger charge is 2.08. The predicted octanol–water partition coefficient (Wildman–Crippen LogP) is 2.72. The first-order valence-electron chi connectivity index (χ1n) is 5.27. The molecular weight excluding hydrogens is 186 g/mol. The molecule has 1 aliphatic carbocycles. The molecule has 2 heteroatoms. The van der Waals surface area contributed by atoms with Crippen molar-refractivity contribution in [3.05, 3.63) is 36.0 Å². The third-order valence-corrected chi connectivity index (χ3v) is 2.32. The van der Waals surface area contributed by atoms with Crippen LogP contribution < -0.4 is 0 Å². The average Bonchev–Trinajstić information content (AvgIpc) is 2.20. The number of carbonyl (C=O) groups is 1. The van der Waals surface area contributed by atoms with Crippen molar-refractivity contribution < 1.29 is 4.79 Å².